The summed E-state index contributed by atoms with van der Waals surface area (Å²) in [6, 6.07) is 13.5. The van der Waals surface area contributed by atoms with Crippen molar-refractivity contribution in [2.24, 2.45) is 0 Å². The molecule has 0 radical (unpaired) electrons. The minimum absolute atomic E-state index is 0.0798. The quantitative estimate of drug-likeness (QED) is 0.451. The predicted molar refractivity (Wildman–Crippen MR) is 115 cm³/mol. The summed E-state index contributed by atoms with van der Waals surface area (Å²) < 4.78 is 14.6. The van der Waals surface area contributed by atoms with E-state index in [0.29, 0.717) is 35.6 Å². The molecule has 2 aromatic carbocycles. The molecule has 1 atom stereocenters. The molecule has 7 heteroatoms. The van der Waals surface area contributed by atoms with E-state index < -0.39 is 5.25 Å². The number of carbonyl (C=O) groups excluding carboxylic acids is 1. The largest absolute Gasteiger partial charge is 0.355 e. The highest BCUT2D eigenvalue weighted by molar-refractivity contribution is 8.00. The number of rotatable bonds is 8. The molecule has 29 heavy (non-hydrogen) atoms. The lowest BCUT2D eigenvalue weighted by molar-refractivity contribution is -0.120. The van der Waals surface area contributed by atoms with Gasteiger partial charge in [-0.3, -0.25) is 14.2 Å². The molecular formula is C22H24FN3O2S. The van der Waals surface area contributed by atoms with E-state index in [2.05, 4.69) is 10.3 Å². The van der Waals surface area contributed by atoms with Gasteiger partial charge >= 0.3 is 0 Å². The van der Waals surface area contributed by atoms with E-state index in [4.69, 9.17) is 0 Å². The number of nitrogens with zero attached hydrogens (tertiary/aromatic N) is 2. The van der Waals surface area contributed by atoms with Gasteiger partial charge in [-0.25, -0.2) is 9.37 Å². The van der Waals surface area contributed by atoms with Crippen LogP contribution in [0.3, 0.4) is 0 Å². The monoisotopic (exact) mass is 413 g/mol. The molecule has 0 aliphatic carbocycles. The summed E-state index contributed by atoms with van der Waals surface area (Å²) in [5, 5.41) is 3.63. The maximum absolute atomic E-state index is 13.0. The highest BCUT2D eigenvalue weighted by Gasteiger charge is 2.19. The van der Waals surface area contributed by atoms with Gasteiger partial charge < -0.3 is 5.32 Å². The van der Waals surface area contributed by atoms with Gasteiger partial charge in [-0.05, 0) is 49.6 Å². The Morgan fingerprint density at radius 1 is 1.21 bits per heavy atom. The van der Waals surface area contributed by atoms with Crippen molar-refractivity contribution in [2.45, 2.75) is 43.6 Å². The standard InChI is InChI=1S/C22H24FN3O2S/c1-3-14-26-21(28)18-6-4-5-7-19(18)25-22(26)29-15(2)20(27)24-13-12-16-8-10-17(23)11-9-16/h4-11,15H,3,12-14H2,1-2H3,(H,24,27)/t15-/m1/s1. The Bertz CT molecular complexity index is 1050. The lowest BCUT2D eigenvalue weighted by Gasteiger charge is -2.16. The van der Waals surface area contributed by atoms with Gasteiger partial charge in [0.2, 0.25) is 5.91 Å². The predicted octanol–water partition coefficient (Wildman–Crippen LogP) is 3.79. The summed E-state index contributed by atoms with van der Waals surface area (Å²) in [5.74, 6) is -0.397. The number of fused-ring (bicyclic) bond motifs is 1. The number of benzene rings is 2. The number of para-hydroxylation sites is 1. The topological polar surface area (TPSA) is 64.0 Å². The Balaban J connectivity index is 1.68. The smallest absolute Gasteiger partial charge is 0.262 e. The number of hydrogen-bond donors (Lipinski definition) is 1. The first-order valence-electron chi connectivity index (χ1n) is 9.68. The first-order valence-corrected chi connectivity index (χ1v) is 10.6. The van der Waals surface area contributed by atoms with Gasteiger partial charge in [-0.1, -0.05) is 43.0 Å². The van der Waals surface area contributed by atoms with Crippen LogP contribution in [0.25, 0.3) is 10.9 Å². The number of hydrogen-bond acceptors (Lipinski definition) is 4. The SMILES string of the molecule is CCCn1c(S[C@H](C)C(=O)NCCc2ccc(F)cc2)nc2ccccc2c1=O. The molecule has 152 valence electrons. The van der Waals surface area contributed by atoms with Gasteiger partial charge in [0.05, 0.1) is 16.2 Å². The lowest BCUT2D eigenvalue weighted by Crippen LogP contribution is -2.33. The second kappa shape index (κ2) is 9.69. The van der Waals surface area contributed by atoms with Crippen molar-refractivity contribution in [2.75, 3.05) is 6.54 Å². The third-order valence-corrected chi connectivity index (χ3v) is 5.64. The third-order valence-electron chi connectivity index (χ3n) is 4.55. The summed E-state index contributed by atoms with van der Waals surface area (Å²) >= 11 is 1.29. The molecule has 1 aromatic heterocycles. The van der Waals surface area contributed by atoms with Crippen molar-refractivity contribution in [1.82, 2.24) is 14.9 Å². The second-order valence-corrected chi connectivity index (χ2v) is 8.10. The number of halogens is 1. The fraction of sp³-hybridized carbons (Fsp3) is 0.318. The summed E-state index contributed by atoms with van der Waals surface area (Å²) in [6.45, 7) is 4.82. The molecule has 1 N–H and O–H groups in total. The van der Waals surface area contributed by atoms with Crippen LogP contribution in [0.4, 0.5) is 4.39 Å². The van der Waals surface area contributed by atoms with Gasteiger partial charge in [0.1, 0.15) is 5.82 Å². The maximum atomic E-state index is 13.0. The molecular weight excluding hydrogens is 389 g/mol. The minimum atomic E-state index is -0.403. The highest BCUT2D eigenvalue weighted by atomic mass is 32.2. The van der Waals surface area contributed by atoms with Crippen molar-refractivity contribution in [3.8, 4) is 0 Å². The Morgan fingerprint density at radius 3 is 2.66 bits per heavy atom. The van der Waals surface area contributed by atoms with E-state index in [-0.39, 0.29) is 17.3 Å². The van der Waals surface area contributed by atoms with Gasteiger partial charge in [-0.2, -0.15) is 0 Å². The third kappa shape index (κ3) is 5.23. The van der Waals surface area contributed by atoms with Crippen LogP contribution >= 0.6 is 11.8 Å². The molecule has 3 rings (SSSR count). The van der Waals surface area contributed by atoms with Crippen molar-refractivity contribution in [3.63, 3.8) is 0 Å². The van der Waals surface area contributed by atoms with Crippen molar-refractivity contribution < 1.29 is 9.18 Å². The molecule has 0 bridgehead atoms. The fourth-order valence-electron chi connectivity index (χ4n) is 2.99. The molecule has 5 nitrogen and oxygen atoms in total. The summed E-state index contributed by atoms with van der Waals surface area (Å²) in [7, 11) is 0. The fourth-order valence-corrected chi connectivity index (χ4v) is 3.95. The molecule has 3 aromatic rings. The number of thioether (sulfide) groups is 1. The maximum Gasteiger partial charge on any atom is 0.262 e. The zero-order chi connectivity index (χ0) is 20.8. The van der Waals surface area contributed by atoms with Crippen molar-refractivity contribution in [3.05, 3.63) is 70.3 Å². The summed E-state index contributed by atoms with van der Waals surface area (Å²) in [5.41, 5.74) is 1.51. The molecule has 0 spiro atoms. The van der Waals surface area contributed by atoms with Crippen LogP contribution in [0.1, 0.15) is 25.8 Å². The highest BCUT2D eigenvalue weighted by Crippen LogP contribution is 2.23. The molecule has 0 saturated carbocycles. The van der Waals surface area contributed by atoms with Crippen LogP contribution in [0.15, 0.2) is 58.5 Å². The van der Waals surface area contributed by atoms with Crippen molar-refractivity contribution >= 4 is 28.6 Å². The number of carbonyl (C=O) groups is 1. The lowest BCUT2D eigenvalue weighted by atomic mass is 10.1. The molecule has 0 aliphatic rings. The van der Waals surface area contributed by atoms with Gasteiger partial charge in [0, 0.05) is 13.1 Å². The van der Waals surface area contributed by atoms with Crippen LogP contribution in [-0.4, -0.2) is 27.3 Å². The number of nitrogens with one attached hydrogen (secondary N) is 1. The average Bonchev–Trinajstić information content (AvgIpc) is 2.72. The molecule has 0 fully saturated rings. The van der Waals surface area contributed by atoms with E-state index in [1.54, 1.807) is 29.7 Å². The molecule has 1 heterocycles. The van der Waals surface area contributed by atoms with Gasteiger partial charge in [0.15, 0.2) is 5.16 Å². The summed E-state index contributed by atoms with van der Waals surface area (Å²) in [4.78, 5) is 30.0. The minimum Gasteiger partial charge on any atom is -0.355 e. The first kappa shape index (κ1) is 21.0. The Kier molecular flexibility index (Phi) is 7.04. The number of aromatic nitrogens is 2. The molecule has 0 aliphatic heterocycles. The van der Waals surface area contributed by atoms with Gasteiger partial charge in [0.25, 0.3) is 5.56 Å². The van der Waals surface area contributed by atoms with Crippen LogP contribution in [0.2, 0.25) is 0 Å². The number of amides is 1. The molecule has 1 amide bonds. The van der Waals surface area contributed by atoms with Crippen LogP contribution in [0, 0.1) is 5.82 Å². The Labute approximate surface area is 173 Å². The zero-order valence-electron chi connectivity index (χ0n) is 16.5. The zero-order valence-corrected chi connectivity index (χ0v) is 17.3. The Hall–Kier alpha value is -2.67. The van der Waals surface area contributed by atoms with E-state index in [9.17, 15) is 14.0 Å². The van der Waals surface area contributed by atoms with Crippen LogP contribution in [-0.2, 0) is 17.8 Å². The normalized spacial score (nSPS) is 12.1. The van der Waals surface area contributed by atoms with E-state index in [0.717, 1.165) is 12.0 Å². The average molecular weight is 414 g/mol. The first-order chi connectivity index (χ1) is 14.0. The van der Waals surface area contributed by atoms with E-state index in [1.807, 2.05) is 25.1 Å². The van der Waals surface area contributed by atoms with Crippen LogP contribution in [0.5, 0.6) is 0 Å². The second-order valence-electron chi connectivity index (χ2n) is 6.80. The summed E-state index contributed by atoms with van der Waals surface area (Å²) in [6.07, 6.45) is 1.42. The van der Waals surface area contributed by atoms with E-state index >= 15 is 0 Å². The molecule has 0 saturated heterocycles. The molecule has 0 unspecified atom stereocenters. The van der Waals surface area contributed by atoms with Crippen LogP contribution < -0.4 is 10.9 Å². The van der Waals surface area contributed by atoms with Crippen molar-refractivity contribution in [1.29, 1.82) is 0 Å². The van der Waals surface area contributed by atoms with Gasteiger partial charge in [-0.15, -0.1) is 0 Å². The Morgan fingerprint density at radius 2 is 1.93 bits per heavy atom. The van der Waals surface area contributed by atoms with E-state index in [1.165, 1.54) is 23.9 Å².